The van der Waals surface area contributed by atoms with Crippen LogP contribution in [0.1, 0.15) is 34.0 Å². The number of rotatable bonds is 3. The predicted molar refractivity (Wildman–Crippen MR) is 124 cm³/mol. The minimum absolute atomic E-state index is 0. The first-order valence-corrected chi connectivity index (χ1v) is 10.4. The number of hydrogen-bond donors (Lipinski definition) is 0. The molecular weight excluding hydrogens is 416 g/mol. The Morgan fingerprint density at radius 2 is 1.77 bits per heavy atom. The molecule has 2 amide bonds. The molecule has 2 aliphatic rings. The van der Waals surface area contributed by atoms with Crippen molar-refractivity contribution in [2.45, 2.75) is 33.8 Å². The fraction of sp³-hybridized carbons (Fsp3) is 0.435. The number of piperazine rings is 1. The Morgan fingerprint density at radius 1 is 1.06 bits per heavy atom. The van der Waals surface area contributed by atoms with Gasteiger partial charge in [-0.3, -0.25) is 9.69 Å². The van der Waals surface area contributed by atoms with Gasteiger partial charge in [0.05, 0.1) is 12.2 Å². The zero-order valence-corrected chi connectivity index (χ0v) is 19.2. The minimum Gasteiger partial charge on any atom is -0.444 e. The third kappa shape index (κ3) is 4.61. The largest absolute Gasteiger partial charge is 0.444 e. The third-order valence-corrected chi connectivity index (χ3v) is 5.75. The van der Waals surface area contributed by atoms with Crippen LogP contribution in [0, 0.1) is 20.8 Å². The summed E-state index contributed by atoms with van der Waals surface area (Å²) < 4.78 is 5.22. The first-order chi connectivity index (χ1) is 14.3. The van der Waals surface area contributed by atoms with Crippen LogP contribution in [0.2, 0.25) is 0 Å². The molecule has 1 aromatic carbocycles. The second-order valence-electron chi connectivity index (χ2n) is 8.24. The van der Waals surface area contributed by atoms with E-state index in [9.17, 15) is 9.59 Å². The van der Waals surface area contributed by atoms with Crippen molar-refractivity contribution in [3.05, 3.63) is 52.7 Å². The number of hydrogen-bond acceptors (Lipinski definition) is 5. The summed E-state index contributed by atoms with van der Waals surface area (Å²) in [7, 11) is 0. The van der Waals surface area contributed by atoms with E-state index >= 15 is 0 Å². The van der Waals surface area contributed by atoms with Gasteiger partial charge in [0.15, 0.2) is 0 Å². The van der Waals surface area contributed by atoms with Crippen molar-refractivity contribution in [2.24, 2.45) is 0 Å². The van der Waals surface area contributed by atoms with Gasteiger partial charge in [-0.25, -0.2) is 9.78 Å². The number of aryl methyl sites for hydroxylation is 3. The van der Waals surface area contributed by atoms with Crippen molar-refractivity contribution in [1.29, 1.82) is 0 Å². The number of carbonyl (C=O) groups is 2. The highest BCUT2D eigenvalue weighted by Gasteiger charge is 2.31. The van der Waals surface area contributed by atoms with Gasteiger partial charge >= 0.3 is 6.09 Å². The molecule has 0 radical (unpaired) electrons. The van der Waals surface area contributed by atoms with Crippen LogP contribution < -0.4 is 9.80 Å². The molecule has 1 atom stereocenters. The smallest absolute Gasteiger partial charge is 0.414 e. The fourth-order valence-corrected chi connectivity index (χ4v) is 4.24. The molecule has 4 rings (SSSR count). The predicted octanol–water partition coefficient (Wildman–Crippen LogP) is 3.74. The minimum atomic E-state index is -0.333. The lowest BCUT2D eigenvalue weighted by Gasteiger charge is -2.36. The summed E-state index contributed by atoms with van der Waals surface area (Å²) in [6.45, 7) is 11.3. The summed E-state index contributed by atoms with van der Waals surface area (Å²) in [6, 6.07) is 7.66. The molecule has 0 N–H and O–H groups in total. The quantitative estimate of drug-likeness (QED) is 0.721. The Hall–Kier alpha value is -2.80. The second kappa shape index (κ2) is 9.14. The maximum atomic E-state index is 13.0. The Morgan fingerprint density at radius 3 is 2.35 bits per heavy atom. The van der Waals surface area contributed by atoms with Crippen LogP contribution >= 0.6 is 12.4 Å². The highest BCUT2D eigenvalue weighted by Crippen LogP contribution is 2.27. The van der Waals surface area contributed by atoms with E-state index in [1.165, 1.54) is 0 Å². The van der Waals surface area contributed by atoms with Crippen LogP contribution in [-0.4, -0.2) is 60.7 Å². The Balaban J connectivity index is 0.00000272. The number of benzene rings is 1. The fourth-order valence-electron chi connectivity index (χ4n) is 4.24. The van der Waals surface area contributed by atoms with E-state index in [1.807, 2.05) is 44.0 Å². The van der Waals surface area contributed by atoms with E-state index in [-0.39, 0.29) is 30.5 Å². The van der Waals surface area contributed by atoms with Crippen molar-refractivity contribution in [3.8, 4) is 0 Å². The number of nitrogens with zero attached hydrogens (tertiary/aromatic N) is 4. The molecule has 1 aromatic heterocycles. The number of carbonyl (C=O) groups excluding carboxylic acids is 2. The van der Waals surface area contributed by atoms with E-state index in [1.54, 1.807) is 11.0 Å². The van der Waals surface area contributed by atoms with Crippen LogP contribution in [0.5, 0.6) is 0 Å². The number of aromatic nitrogens is 1. The molecule has 2 saturated heterocycles. The Kier molecular flexibility index (Phi) is 6.74. The normalized spacial score (nSPS) is 18.6. The van der Waals surface area contributed by atoms with Gasteiger partial charge < -0.3 is 14.5 Å². The Labute approximate surface area is 189 Å². The van der Waals surface area contributed by atoms with E-state index in [4.69, 9.17) is 4.74 Å². The van der Waals surface area contributed by atoms with Gasteiger partial charge in [-0.15, -0.1) is 12.4 Å². The number of halogens is 1. The van der Waals surface area contributed by atoms with Crippen molar-refractivity contribution in [1.82, 2.24) is 9.88 Å². The molecule has 0 unspecified atom stereocenters. The van der Waals surface area contributed by atoms with E-state index in [2.05, 4.69) is 22.9 Å². The molecule has 2 aliphatic heterocycles. The topological polar surface area (TPSA) is 66.0 Å². The van der Waals surface area contributed by atoms with Crippen LogP contribution in [0.4, 0.5) is 16.3 Å². The molecule has 7 nitrogen and oxygen atoms in total. The van der Waals surface area contributed by atoms with Gasteiger partial charge in [-0.05, 0) is 62.6 Å². The standard InChI is InChI=1S/C23H28N4O3.ClH/c1-15-11-17(3)21(24-13-15)25-7-9-26(10-8-25)22(28)19-5-6-20(16(2)12-19)27-14-18(4)30-23(27)29;/h5-6,11-13,18H,7-10,14H2,1-4H3;1H/t18-;/m1./s1. The van der Waals surface area contributed by atoms with Crippen molar-refractivity contribution in [3.63, 3.8) is 0 Å². The van der Waals surface area contributed by atoms with Crippen LogP contribution in [0.15, 0.2) is 30.5 Å². The van der Waals surface area contributed by atoms with Crippen LogP contribution in [0.3, 0.4) is 0 Å². The van der Waals surface area contributed by atoms with Gasteiger partial charge in [-0.2, -0.15) is 0 Å². The summed E-state index contributed by atoms with van der Waals surface area (Å²) in [5.74, 6) is 1.02. The highest BCUT2D eigenvalue weighted by molar-refractivity contribution is 5.96. The molecule has 8 heteroatoms. The van der Waals surface area contributed by atoms with Crippen molar-refractivity contribution in [2.75, 3.05) is 42.5 Å². The summed E-state index contributed by atoms with van der Waals surface area (Å²) in [5, 5.41) is 0. The molecule has 0 aliphatic carbocycles. The maximum Gasteiger partial charge on any atom is 0.414 e. The summed E-state index contributed by atoms with van der Waals surface area (Å²) in [6.07, 6.45) is 1.43. The lowest BCUT2D eigenvalue weighted by molar-refractivity contribution is 0.0746. The third-order valence-electron chi connectivity index (χ3n) is 5.75. The lowest BCUT2D eigenvalue weighted by Crippen LogP contribution is -2.49. The number of ether oxygens (including phenoxy) is 1. The summed E-state index contributed by atoms with van der Waals surface area (Å²) in [4.78, 5) is 35.4. The van der Waals surface area contributed by atoms with Gasteiger partial charge in [0.1, 0.15) is 11.9 Å². The average molecular weight is 445 g/mol. The van der Waals surface area contributed by atoms with Gasteiger partial charge in [-0.1, -0.05) is 6.07 Å². The first-order valence-electron chi connectivity index (χ1n) is 10.4. The molecule has 0 saturated carbocycles. The molecule has 31 heavy (non-hydrogen) atoms. The first kappa shape index (κ1) is 22.9. The molecule has 0 bridgehead atoms. The van der Waals surface area contributed by atoms with Crippen LogP contribution in [0.25, 0.3) is 0 Å². The zero-order valence-electron chi connectivity index (χ0n) is 18.4. The average Bonchev–Trinajstić information content (AvgIpc) is 3.05. The molecule has 3 heterocycles. The number of cyclic esters (lactones) is 1. The van der Waals surface area contributed by atoms with Crippen LogP contribution in [-0.2, 0) is 4.74 Å². The number of amides is 2. The number of pyridine rings is 1. The lowest BCUT2D eigenvalue weighted by atomic mass is 10.1. The van der Waals surface area contributed by atoms with Crippen molar-refractivity contribution >= 4 is 35.9 Å². The highest BCUT2D eigenvalue weighted by atomic mass is 35.5. The Bertz CT molecular complexity index is 989. The van der Waals surface area contributed by atoms with Gasteiger partial charge in [0.25, 0.3) is 5.91 Å². The molecular formula is C23H29ClN4O3. The molecule has 166 valence electrons. The second-order valence-corrected chi connectivity index (χ2v) is 8.24. The zero-order chi connectivity index (χ0) is 21.4. The molecule has 0 spiro atoms. The van der Waals surface area contributed by atoms with E-state index in [0.717, 1.165) is 41.3 Å². The van der Waals surface area contributed by atoms with Crippen molar-refractivity contribution < 1.29 is 14.3 Å². The SMILES string of the molecule is Cc1cnc(N2CCN(C(=O)c3ccc(N4C[C@@H](C)OC4=O)c(C)c3)CC2)c(C)c1.Cl. The van der Waals surface area contributed by atoms with Gasteiger partial charge in [0.2, 0.25) is 0 Å². The monoisotopic (exact) mass is 444 g/mol. The summed E-state index contributed by atoms with van der Waals surface area (Å²) in [5.41, 5.74) is 4.66. The molecule has 2 aromatic rings. The number of anilines is 2. The maximum absolute atomic E-state index is 13.0. The van der Waals surface area contributed by atoms with E-state index < -0.39 is 0 Å². The van der Waals surface area contributed by atoms with E-state index in [0.29, 0.717) is 25.2 Å². The van der Waals surface area contributed by atoms with Gasteiger partial charge in [0, 0.05) is 37.9 Å². The molecule has 2 fully saturated rings. The summed E-state index contributed by atoms with van der Waals surface area (Å²) >= 11 is 0.